The van der Waals surface area contributed by atoms with Crippen LogP contribution in [0, 0.1) is 0 Å². The minimum absolute atomic E-state index is 0.102. The number of benzene rings is 2. The van der Waals surface area contributed by atoms with Crippen LogP contribution in [0.25, 0.3) is 20.2 Å². The molecule has 6 heteroatoms. The van der Waals surface area contributed by atoms with Crippen molar-refractivity contribution in [3.05, 3.63) is 69.2 Å². The molecule has 112 valence electrons. The summed E-state index contributed by atoms with van der Waals surface area (Å²) < 4.78 is 5.40. The maximum absolute atomic E-state index is 11.3. The van der Waals surface area contributed by atoms with Crippen molar-refractivity contribution in [3.63, 3.8) is 0 Å². The van der Waals surface area contributed by atoms with Gasteiger partial charge in [0.05, 0.1) is 20.2 Å². The average Bonchev–Trinajstić information content (AvgIpc) is 2.98. The number of nitrogens with zero attached hydrogens (tertiary/aromatic N) is 2. The normalized spacial score (nSPS) is 10.6. The fraction of sp³-hybridized carbons (Fsp3) is 0.125. The third-order valence-electron chi connectivity index (χ3n) is 3.28. The fourth-order valence-electron chi connectivity index (χ4n) is 2.16. The Labute approximate surface area is 134 Å². The molecule has 0 fully saturated rings. The third-order valence-corrected chi connectivity index (χ3v) is 5.26. The van der Waals surface area contributed by atoms with E-state index in [1.807, 2.05) is 48.5 Å². The van der Waals surface area contributed by atoms with Gasteiger partial charge in [0.15, 0.2) is 0 Å². The highest BCUT2D eigenvalue weighted by Crippen LogP contribution is 2.14. The van der Waals surface area contributed by atoms with Crippen LogP contribution >= 0.6 is 23.1 Å². The Bertz CT molecular complexity index is 967. The van der Waals surface area contributed by atoms with Gasteiger partial charge in [-0.15, -0.1) is 0 Å². The topological polar surface area (TPSA) is 44.0 Å². The van der Waals surface area contributed by atoms with Gasteiger partial charge in [-0.3, -0.25) is 17.5 Å². The van der Waals surface area contributed by atoms with Crippen LogP contribution in [-0.4, -0.2) is 7.91 Å². The molecule has 0 spiro atoms. The molecular weight excluding hydrogens is 316 g/mol. The van der Waals surface area contributed by atoms with Gasteiger partial charge in [0.2, 0.25) is 0 Å². The summed E-state index contributed by atoms with van der Waals surface area (Å²) in [6.45, 7) is 0. The number of rotatable bonds is 0. The molecule has 0 aliphatic rings. The fourth-order valence-corrected chi connectivity index (χ4v) is 3.90. The second kappa shape index (κ2) is 5.90. The Kier molecular flexibility index (Phi) is 3.96. The third kappa shape index (κ3) is 2.63. The molecule has 0 radical (unpaired) electrons. The molecule has 0 saturated carbocycles. The van der Waals surface area contributed by atoms with Gasteiger partial charge in [0.1, 0.15) is 0 Å². The first-order chi connectivity index (χ1) is 10.6. The first-order valence-corrected chi connectivity index (χ1v) is 8.22. The monoisotopic (exact) mass is 330 g/mol. The lowest BCUT2D eigenvalue weighted by atomic mass is 10.3. The molecule has 4 nitrogen and oxygen atoms in total. The van der Waals surface area contributed by atoms with Crippen molar-refractivity contribution in [1.82, 2.24) is 7.91 Å². The van der Waals surface area contributed by atoms with E-state index in [1.54, 1.807) is 22.0 Å². The maximum atomic E-state index is 11.3. The summed E-state index contributed by atoms with van der Waals surface area (Å²) in [5.74, 6) is 0. The lowest BCUT2D eigenvalue weighted by molar-refractivity contribution is 0.989. The summed E-state index contributed by atoms with van der Waals surface area (Å²) in [6, 6.07) is 15.3. The van der Waals surface area contributed by atoms with Crippen LogP contribution in [0.4, 0.5) is 0 Å². The molecule has 2 aromatic heterocycles. The largest absolute Gasteiger partial charge is 0.268 e. The van der Waals surface area contributed by atoms with Gasteiger partial charge >= 0.3 is 0 Å². The number of fused-ring (bicyclic) bond motifs is 2. The number of aryl methyl sites for hydroxylation is 2. The summed E-state index contributed by atoms with van der Waals surface area (Å²) in [7, 11) is 3.57. The Morgan fingerprint density at radius 1 is 0.682 bits per heavy atom. The van der Waals surface area contributed by atoms with Crippen molar-refractivity contribution in [1.29, 1.82) is 0 Å². The van der Waals surface area contributed by atoms with E-state index in [0.29, 0.717) is 0 Å². The highest BCUT2D eigenvalue weighted by atomic mass is 32.1. The van der Waals surface area contributed by atoms with Crippen LogP contribution in [0.3, 0.4) is 0 Å². The summed E-state index contributed by atoms with van der Waals surface area (Å²) in [5.41, 5.74) is 0.205. The van der Waals surface area contributed by atoms with Gasteiger partial charge < -0.3 is 0 Å². The number of hydrogen-bond donors (Lipinski definition) is 0. The maximum Gasteiger partial charge on any atom is 0.268 e. The summed E-state index contributed by atoms with van der Waals surface area (Å²) in [6.07, 6.45) is 0. The van der Waals surface area contributed by atoms with Crippen molar-refractivity contribution in [2.75, 3.05) is 0 Å². The zero-order valence-corrected chi connectivity index (χ0v) is 13.8. The van der Waals surface area contributed by atoms with Gasteiger partial charge in [-0.25, -0.2) is 0 Å². The lowest BCUT2D eigenvalue weighted by Gasteiger charge is -1.79. The Hall–Kier alpha value is -2.18. The minimum atomic E-state index is 0.102. The van der Waals surface area contributed by atoms with E-state index >= 15 is 0 Å². The summed E-state index contributed by atoms with van der Waals surface area (Å²) >= 11 is 2.97. The van der Waals surface area contributed by atoms with Crippen LogP contribution < -0.4 is 11.1 Å². The molecule has 0 unspecified atom stereocenters. The van der Waals surface area contributed by atoms with Crippen molar-refractivity contribution in [2.45, 2.75) is 0 Å². The molecule has 2 aromatic carbocycles. The number of hydrogen-bond acceptors (Lipinski definition) is 4. The number of aromatic nitrogens is 2. The zero-order chi connectivity index (χ0) is 15.7. The smallest absolute Gasteiger partial charge is 0.268 e. The van der Waals surface area contributed by atoms with Crippen molar-refractivity contribution < 1.29 is 0 Å². The predicted molar refractivity (Wildman–Crippen MR) is 94.1 cm³/mol. The summed E-state index contributed by atoms with van der Waals surface area (Å²) in [4.78, 5) is 22.6. The van der Waals surface area contributed by atoms with E-state index in [2.05, 4.69) is 0 Å². The molecule has 0 aliphatic carbocycles. The van der Waals surface area contributed by atoms with Crippen molar-refractivity contribution >= 4 is 43.2 Å². The van der Waals surface area contributed by atoms with E-state index in [1.165, 1.54) is 23.1 Å². The second-order valence-electron chi connectivity index (χ2n) is 4.78. The molecule has 0 aliphatic heterocycles. The van der Waals surface area contributed by atoms with E-state index in [9.17, 15) is 9.59 Å². The summed E-state index contributed by atoms with van der Waals surface area (Å²) in [5, 5.41) is 1.64. The standard InChI is InChI=1S/2C8H7NOS/c2*1-9-8(10)6-4-2-3-5-7(6)11-9/h2*2-5H,1H3. The van der Waals surface area contributed by atoms with Gasteiger partial charge in [-0.2, -0.15) is 0 Å². The highest BCUT2D eigenvalue weighted by molar-refractivity contribution is 7.14. The SMILES string of the molecule is Cn1sc2ccccc2c1=O.Cn1sc2ccccc2c1=O. The van der Waals surface area contributed by atoms with E-state index in [0.717, 1.165) is 20.2 Å². The molecule has 0 atom stereocenters. The average molecular weight is 330 g/mol. The Balaban J connectivity index is 0.000000131. The molecule has 0 bridgehead atoms. The van der Waals surface area contributed by atoms with Crippen LogP contribution in [-0.2, 0) is 14.1 Å². The molecule has 4 rings (SSSR count). The molecule has 4 aromatic rings. The predicted octanol–water partition coefficient (Wildman–Crippen LogP) is 3.20. The van der Waals surface area contributed by atoms with Gasteiger partial charge in [-0.1, -0.05) is 47.3 Å². The molecule has 2 heterocycles. The molecule has 0 saturated heterocycles. The van der Waals surface area contributed by atoms with Crippen LogP contribution in [0.2, 0.25) is 0 Å². The molecule has 22 heavy (non-hydrogen) atoms. The first kappa shape index (κ1) is 14.7. The van der Waals surface area contributed by atoms with Crippen LogP contribution in [0.5, 0.6) is 0 Å². The quantitative estimate of drug-likeness (QED) is 0.497. The molecule has 0 amide bonds. The molecular formula is C16H14N2O2S2. The van der Waals surface area contributed by atoms with Crippen molar-refractivity contribution in [2.24, 2.45) is 14.1 Å². The van der Waals surface area contributed by atoms with Gasteiger partial charge in [0, 0.05) is 14.1 Å². The van der Waals surface area contributed by atoms with E-state index in [-0.39, 0.29) is 11.1 Å². The van der Waals surface area contributed by atoms with E-state index < -0.39 is 0 Å². The lowest BCUT2D eigenvalue weighted by Crippen LogP contribution is -2.07. The Morgan fingerprint density at radius 3 is 1.41 bits per heavy atom. The van der Waals surface area contributed by atoms with Gasteiger partial charge in [0.25, 0.3) is 11.1 Å². The zero-order valence-electron chi connectivity index (χ0n) is 12.1. The van der Waals surface area contributed by atoms with Crippen molar-refractivity contribution in [3.8, 4) is 0 Å². The second-order valence-corrected chi connectivity index (χ2v) is 7.12. The van der Waals surface area contributed by atoms with Gasteiger partial charge in [-0.05, 0) is 24.3 Å². The highest BCUT2D eigenvalue weighted by Gasteiger charge is 2.01. The first-order valence-electron chi connectivity index (χ1n) is 6.68. The van der Waals surface area contributed by atoms with Crippen LogP contribution in [0.1, 0.15) is 0 Å². The van der Waals surface area contributed by atoms with Crippen LogP contribution in [0.15, 0.2) is 58.1 Å². The Morgan fingerprint density at radius 2 is 1.05 bits per heavy atom. The molecule has 0 N–H and O–H groups in total. The van der Waals surface area contributed by atoms with E-state index in [4.69, 9.17) is 0 Å². The minimum Gasteiger partial charge on any atom is -0.268 e.